The van der Waals surface area contributed by atoms with Gasteiger partial charge in [-0.2, -0.15) is 5.10 Å². The average molecular weight is 332 g/mol. The van der Waals surface area contributed by atoms with E-state index < -0.39 is 0 Å². The molecule has 0 bridgehead atoms. The number of aromatic amines is 1. The number of H-pyrrole nitrogens is 1. The van der Waals surface area contributed by atoms with Gasteiger partial charge in [0.05, 0.1) is 0 Å². The Kier molecular flexibility index (Phi) is 4.29. The Morgan fingerprint density at radius 3 is 2.52 bits per heavy atom. The van der Waals surface area contributed by atoms with E-state index in [1.165, 1.54) is 0 Å². The van der Waals surface area contributed by atoms with Gasteiger partial charge in [0, 0.05) is 30.1 Å². The summed E-state index contributed by atoms with van der Waals surface area (Å²) in [6.45, 7) is 1.47. The first-order valence-electron chi connectivity index (χ1n) is 8.63. The Balaban J connectivity index is 1.50. The van der Waals surface area contributed by atoms with E-state index in [2.05, 4.69) is 15.2 Å². The Labute approximate surface area is 146 Å². The fourth-order valence-electron chi connectivity index (χ4n) is 3.32. The van der Waals surface area contributed by atoms with Crippen LogP contribution in [0.2, 0.25) is 0 Å². The topological polar surface area (TPSA) is 61.9 Å². The lowest BCUT2D eigenvalue weighted by atomic mass is 9.96. The molecule has 1 amide bonds. The van der Waals surface area contributed by atoms with Crippen LogP contribution in [-0.4, -0.2) is 39.1 Å². The van der Waals surface area contributed by atoms with Crippen molar-refractivity contribution in [3.8, 4) is 11.4 Å². The molecule has 4 rings (SSSR count). The van der Waals surface area contributed by atoms with Crippen molar-refractivity contribution in [1.29, 1.82) is 0 Å². The third-order valence-electron chi connectivity index (χ3n) is 4.65. The maximum atomic E-state index is 12.7. The highest BCUT2D eigenvalue weighted by atomic mass is 16.2. The summed E-state index contributed by atoms with van der Waals surface area (Å²) in [7, 11) is 0. The monoisotopic (exact) mass is 332 g/mol. The Hall–Kier alpha value is -2.95. The van der Waals surface area contributed by atoms with Gasteiger partial charge in [-0.15, -0.1) is 0 Å². The summed E-state index contributed by atoms with van der Waals surface area (Å²) < 4.78 is 0. The van der Waals surface area contributed by atoms with Crippen molar-refractivity contribution in [3.63, 3.8) is 0 Å². The number of nitrogens with zero attached hydrogens (tertiary/aromatic N) is 3. The van der Waals surface area contributed by atoms with Crippen LogP contribution in [0.25, 0.3) is 11.4 Å². The molecule has 5 heteroatoms. The number of piperidine rings is 1. The first kappa shape index (κ1) is 15.6. The van der Waals surface area contributed by atoms with Gasteiger partial charge in [-0.25, -0.2) is 4.98 Å². The first-order valence-corrected chi connectivity index (χ1v) is 8.63. The van der Waals surface area contributed by atoms with Crippen LogP contribution in [0.1, 0.15) is 34.9 Å². The Morgan fingerprint density at radius 2 is 1.76 bits per heavy atom. The molecule has 2 aromatic carbocycles. The normalized spacial score (nSPS) is 17.4. The summed E-state index contributed by atoms with van der Waals surface area (Å²) >= 11 is 0. The van der Waals surface area contributed by atoms with Crippen LogP contribution >= 0.6 is 0 Å². The molecule has 1 aliphatic heterocycles. The van der Waals surface area contributed by atoms with Crippen molar-refractivity contribution in [1.82, 2.24) is 20.1 Å². The zero-order valence-electron chi connectivity index (χ0n) is 13.9. The summed E-state index contributed by atoms with van der Waals surface area (Å²) in [5, 5.41) is 7.42. The summed E-state index contributed by atoms with van der Waals surface area (Å²) in [5.41, 5.74) is 1.74. The number of amides is 1. The van der Waals surface area contributed by atoms with E-state index in [0.717, 1.165) is 36.3 Å². The first-order chi connectivity index (χ1) is 12.3. The molecule has 1 atom stereocenters. The Bertz CT molecular complexity index is 844. The number of hydrogen-bond acceptors (Lipinski definition) is 3. The summed E-state index contributed by atoms with van der Waals surface area (Å²) in [5.74, 6) is 1.87. The van der Waals surface area contributed by atoms with E-state index in [1.54, 1.807) is 0 Å². The molecule has 1 aromatic heterocycles. The maximum Gasteiger partial charge on any atom is 0.253 e. The third kappa shape index (κ3) is 3.31. The highest BCUT2D eigenvalue weighted by molar-refractivity contribution is 5.94. The van der Waals surface area contributed by atoms with Gasteiger partial charge in [0.15, 0.2) is 5.82 Å². The van der Waals surface area contributed by atoms with Gasteiger partial charge in [0.25, 0.3) is 5.91 Å². The smallest absolute Gasteiger partial charge is 0.253 e. The fourth-order valence-corrected chi connectivity index (χ4v) is 3.32. The van der Waals surface area contributed by atoms with Crippen LogP contribution in [0.5, 0.6) is 0 Å². The molecule has 3 aromatic rings. The van der Waals surface area contributed by atoms with E-state index >= 15 is 0 Å². The maximum absolute atomic E-state index is 12.7. The minimum absolute atomic E-state index is 0.0908. The van der Waals surface area contributed by atoms with Crippen molar-refractivity contribution >= 4 is 5.91 Å². The number of aromatic nitrogens is 3. The standard InChI is InChI=1S/C20H20N4O/c25-20(16-10-5-2-6-11-16)24-13-7-12-17(14-24)19-21-18(22-23-19)15-8-3-1-4-9-15/h1-6,8-11,17H,7,12-14H2,(H,21,22,23)/t17-/m1/s1. The number of nitrogens with one attached hydrogen (secondary N) is 1. The van der Waals surface area contributed by atoms with Crippen LogP contribution in [0.4, 0.5) is 0 Å². The van der Waals surface area contributed by atoms with Crippen LogP contribution in [0, 0.1) is 0 Å². The highest BCUT2D eigenvalue weighted by Gasteiger charge is 2.27. The van der Waals surface area contributed by atoms with Gasteiger partial charge in [0.1, 0.15) is 5.82 Å². The van der Waals surface area contributed by atoms with Crippen molar-refractivity contribution in [2.75, 3.05) is 13.1 Å². The molecular formula is C20H20N4O. The molecule has 1 N–H and O–H groups in total. The fraction of sp³-hybridized carbons (Fsp3) is 0.250. The van der Waals surface area contributed by atoms with Crippen molar-refractivity contribution in [3.05, 3.63) is 72.1 Å². The van der Waals surface area contributed by atoms with Crippen molar-refractivity contribution in [2.45, 2.75) is 18.8 Å². The molecule has 1 aliphatic rings. The highest BCUT2D eigenvalue weighted by Crippen LogP contribution is 2.27. The van der Waals surface area contributed by atoms with E-state index in [9.17, 15) is 4.79 Å². The van der Waals surface area contributed by atoms with Gasteiger partial charge in [-0.1, -0.05) is 48.5 Å². The number of hydrogen-bond donors (Lipinski definition) is 1. The van der Waals surface area contributed by atoms with Gasteiger partial charge >= 0.3 is 0 Å². The summed E-state index contributed by atoms with van der Waals surface area (Å²) in [4.78, 5) is 19.3. The quantitative estimate of drug-likeness (QED) is 0.798. The van der Waals surface area contributed by atoms with E-state index in [4.69, 9.17) is 0 Å². The minimum Gasteiger partial charge on any atom is -0.338 e. The number of benzene rings is 2. The van der Waals surface area contributed by atoms with Crippen LogP contribution in [0.15, 0.2) is 60.7 Å². The predicted octanol–water partition coefficient (Wildman–Crippen LogP) is 3.49. The van der Waals surface area contributed by atoms with Crippen molar-refractivity contribution < 1.29 is 4.79 Å². The van der Waals surface area contributed by atoms with E-state index in [0.29, 0.717) is 12.4 Å². The molecule has 1 saturated heterocycles. The summed E-state index contributed by atoms with van der Waals surface area (Å²) in [6.07, 6.45) is 1.99. The van der Waals surface area contributed by atoms with E-state index in [-0.39, 0.29) is 11.8 Å². The lowest BCUT2D eigenvalue weighted by molar-refractivity contribution is 0.0704. The number of rotatable bonds is 3. The van der Waals surface area contributed by atoms with Crippen LogP contribution < -0.4 is 0 Å². The third-order valence-corrected chi connectivity index (χ3v) is 4.65. The van der Waals surface area contributed by atoms with Gasteiger partial charge in [-0.05, 0) is 25.0 Å². The van der Waals surface area contributed by atoms with Gasteiger partial charge in [0.2, 0.25) is 0 Å². The molecule has 0 unspecified atom stereocenters. The molecular weight excluding hydrogens is 312 g/mol. The molecule has 126 valence electrons. The molecule has 2 heterocycles. The molecule has 0 radical (unpaired) electrons. The lowest BCUT2D eigenvalue weighted by Gasteiger charge is -2.31. The second-order valence-electron chi connectivity index (χ2n) is 6.37. The van der Waals surface area contributed by atoms with Gasteiger partial charge in [-0.3, -0.25) is 9.89 Å². The second-order valence-corrected chi connectivity index (χ2v) is 6.37. The van der Waals surface area contributed by atoms with Crippen molar-refractivity contribution in [2.24, 2.45) is 0 Å². The molecule has 5 nitrogen and oxygen atoms in total. The van der Waals surface area contributed by atoms with Crippen LogP contribution in [-0.2, 0) is 0 Å². The Morgan fingerprint density at radius 1 is 1.04 bits per heavy atom. The molecule has 0 aliphatic carbocycles. The molecule has 25 heavy (non-hydrogen) atoms. The molecule has 1 fully saturated rings. The molecule has 0 spiro atoms. The largest absolute Gasteiger partial charge is 0.338 e. The summed E-state index contributed by atoms with van der Waals surface area (Å²) in [6, 6.07) is 19.4. The zero-order valence-corrected chi connectivity index (χ0v) is 13.9. The zero-order chi connectivity index (χ0) is 17.1. The predicted molar refractivity (Wildman–Crippen MR) is 96.1 cm³/mol. The lowest BCUT2D eigenvalue weighted by Crippen LogP contribution is -2.39. The number of likely N-dealkylation sites (tertiary alicyclic amines) is 1. The van der Waals surface area contributed by atoms with Crippen LogP contribution in [0.3, 0.4) is 0 Å². The number of carbonyl (C=O) groups excluding carboxylic acids is 1. The minimum atomic E-state index is 0.0908. The SMILES string of the molecule is O=C(c1ccccc1)N1CCC[C@@H](c2nc(-c3ccccc3)n[nH]2)C1. The average Bonchev–Trinajstić information content (AvgIpc) is 3.19. The van der Waals surface area contributed by atoms with Gasteiger partial charge < -0.3 is 4.90 Å². The molecule has 0 saturated carbocycles. The van der Waals surface area contributed by atoms with E-state index in [1.807, 2.05) is 65.6 Å². The second kappa shape index (κ2) is 6.89. The number of carbonyl (C=O) groups is 1.